The van der Waals surface area contributed by atoms with Gasteiger partial charge in [0.25, 0.3) is 0 Å². The molecular weight excluding hydrogens is 884 g/mol. The Hall–Kier alpha value is -1.95. The van der Waals surface area contributed by atoms with Crippen molar-refractivity contribution in [3.05, 3.63) is 131 Å². The first kappa shape index (κ1) is 47.0. The topological polar surface area (TPSA) is 87.6 Å². The molecule has 13 heteroatoms. The molecule has 4 rings (SSSR count). The van der Waals surface area contributed by atoms with Gasteiger partial charge in [0, 0.05) is 24.8 Å². The van der Waals surface area contributed by atoms with Crippen molar-refractivity contribution in [2.24, 2.45) is 0 Å². The van der Waals surface area contributed by atoms with Crippen molar-refractivity contribution in [2.45, 2.75) is 53.4 Å². The van der Waals surface area contributed by atoms with Gasteiger partial charge in [0.15, 0.2) is 0 Å². The molecule has 2 heterocycles. The van der Waals surface area contributed by atoms with Crippen LogP contribution in [0.1, 0.15) is 82.5 Å². The van der Waals surface area contributed by atoms with Crippen molar-refractivity contribution >= 4 is 50.7 Å². The molecule has 0 spiro atoms. The summed E-state index contributed by atoms with van der Waals surface area (Å²) in [5, 5.41) is 0. The zero-order chi connectivity index (χ0) is 36.9. The summed E-state index contributed by atoms with van der Waals surface area (Å²) in [7, 11) is 19.4. The number of aryl methyl sites for hydroxylation is 2. The third-order valence-corrected chi connectivity index (χ3v) is 6.24. The molecule has 2 aromatic heterocycles. The Morgan fingerprint density at radius 1 is 0.551 bits per heavy atom. The van der Waals surface area contributed by atoms with Crippen molar-refractivity contribution in [3.8, 4) is 0 Å². The van der Waals surface area contributed by atoms with Crippen LogP contribution in [0.5, 0.6) is 0 Å². The molecule has 0 saturated carbocycles. The van der Waals surface area contributed by atoms with Gasteiger partial charge in [-0.25, -0.2) is 9.59 Å². The summed E-state index contributed by atoms with van der Waals surface area (Å²) in [6.07, 6.45) is 6.07. The Balaban J connectivity index is 0.000000731. The normalized spacial score (nSPS) is 9.88. The second-order valence-electron chi connectivity index (χ2n) is 10.6. The number of esters is 2. The van der Waals surface area contributed by atoms with E-state index in [9.17, 15) is 9.59 Å². The van der Waals surface area contributed by atoms with E-state index in [1.165, 1.54) is 47.0 Å². The van der Waals surface area contributed by atoms with Gasteiger partial charge in [-0.05, 0) is 61.1 Å². The van der Waals surface area contributed by atoms with E-state index in [2.05, 4.69) is 100 Å². The van der Waals surface area contributed by atoms with E-state index in [1.54, 1.807) is 24.3 Å². The molecule has 4 aromatic rings. The van der Waals surface area contributed by atoms with E-state index in [4.69, 9.17) is 53.0 Å². The Kier molecular flexibility index (Phi) is 29.6. The number of hydrogen-bond acceptors (Lipinski definition) is 7. The number of aromatic nitrogens is 2. The van der Waals surface area contributed by atoms with Crippen LogP contribution in [0.4, 0.5) is 0 Å². The molecule has 0 fully saturated rings. The number of pyridine rings is 2. The molecule has 0 aliphatic carbocycles. The summed E-state index contributed by atoms with van der Waals surface area (Å²) in [4.78, 5) is 30.8. The van der Waals surface area contributed by atoms with E-state index >= 15 is 0 Å². The zero-order valence-corrected chi connectivity index (χ0v) is 34.9. The monoisotopic (exact) mass is 928 g/mol. The van der Waals surface area contributed by atoms with Crippen LogP contribution in [-0.2, 0) is 44.5 Å². The fraction of sp³-hybridized carbons (Fsp3) is 0.333. The van der Waals surface area contributed by atoms with Gasteiger partial charge < -0.3 is 14.2 Å². The summed E-state index contributed by atoms with van der Waals surface area (Å²) < 4.78 is 15.3. The van der Waals surface area contributed by atoms with Gasteiger partial charge in [0.1, 0.15) is 13.2 Å². The number of carbonyl (C=O) groups excluding carboxylic acids is 2. The molecule has 0 aliphatic rings. The standard InChI is InChI=1S/C16H16N2O5.2C10H14.4ClH.2Ru/c19-15(13-1-5-17-6-2-13)22-11-9-21-10-12-23-16(20)14-3-7-18-8-4-14;2*1-8(2)10-6-4-9(3)5-7-10;;;;;;/h1-8H,9-12H2;2*4-8H,1-3H3;4*1H;;/q;;;;;;;2*+2/p-4. The minimum absolute atomic E-state index is 0.124. The maximum atomic E-state index is 11.6. The first-order chi connectivity index (χ1) is 23.5. The molecule has 7 nitrogen and oxygen atoms in total. The average Bonchev–Trinajstić information content (AvgIpc) is 3.10. The SMILES string of the molecule is Cc1ccc(C(C)C)cc1.Cc1ccc(C(C)C)cc1.O=C(OCCOCCOC(=O)c1ccncc1)c1ccncc1.[Cl][Ru][Cl].[Cl][Ru][Cl]. The maximum absolute atomic E-state index is 11.6. The number of carbonyl (C=O) groups is 2. The van der Waals surface area contributed by atoms with E-state index < -0.39 is 11.9 Å². The summed E-state index contributed by atoms with van der Waals surface area (Å²) in [5.41, 5.74) is 6.39. The van der Waals surface area contributed by atoms with E-state index in [1.807, 2.05) is 0 Å². The van der Waals surface area contributed by atoms with Crippen molar-refractivity contribution in [3.63, 3.8) is 0 Å². The van der Waals surface area contributed by atoms with Crippen LogP contribution in [0, 0.1) is 13.8 Å². The van der Waals surface area contributed by atoms with Crippen molar-refractivity contribution in [1.82, 2.24) is 9.97 Å². The van der Waals surface area contributed by atoms with Gasteiger partial charge in [-0.15, -0.1) is 0 Å². The minimum atomic E-state index is -0.430. The van der Waals surface area contributed by atoms with E-state index in [0.29, 0.717) is 23.0 Å². The molecule has 0 amide bonds. The Bertz CT molecular complexity index is 1280. The molecule has 0 bridgehead atoms. The molecule has 0 saturated heterocycles. The van der Waals surface area contributed by atoms with Crippen LogP contribution in [0.3, 0.4) is 0 Å². The van der Waals surface area contributed by atoms with Gasteiger partial charge in [-0.1, -0.05) is 87.4 Å². The van der Waals surface area contributed by atoms with Crippen LogP contribution >= 0.6 is 38.8 Å². The van der Waals surface area contributed by atoms with Crippen LogP contribution in [0.25, 0.3) is 0 Å². The predicted octanol–water partition coefficient (Wildman–Crippen LogP) is 10.5. The zero-order valence-electron chi connectivity index (χ0n) is 28.4. The average molecular weight is 929 g/mol. The van der Waals surface area contributed by atoms with Gasteiger partial charge in [0.2, 0.25) is 0 Å². The summed E-state index contributed by atoms with van der Waals surface area (Å²) in [5.74, 6) is 0.446. The molecule has 49 heavy (non-hydrogen) atoms. The summed E-state index contributed by atoms with van der Waals surface area (Å²) >= 11 is -0.691. The van der Waals surface area contributed by atoms with Crippen LogP contribution < -0.4 is 0 Å². The third kappa shape index (κ3) is 24.8. The quantitative estimate of drug-likeness (QED) is 0.0889. The number of ether oxygens (including phenoxy) is 3. The van der Waals surface area contributed by atoms with Crippen molar-refractivity contribution < 1.29 is 54.1 Å². The number of benzene rings is 2. The summed E-state index contributed by atoms with van der Waals surface area (Å²) in [6, 6.07) is 23.7. The Labute approximate surface area is 323 Å². The van der Waals surface area contributed by atoms with Crippen molar-refractivity contribution in [2.75, 3.05) is 26.4 Å². The van der Waals surface area contributed by atoms with Crippen LogP contribution in [0.15, 0.2) is 97.6 Å². The molecule has 0 aliphatic heterocycles. The molecular formula is C36H44Cl4N2O5Ru2. The number of rotatable bonds is 10. The van der Waals surface area contributed by atoms with E-state index in [0.717, 1.165) is 0 Å². The van der Waals surface area contributed by atoms with Crippen LogP contribution in [0.2, 0.25) is 0 Å². The number of hydrogen-bond donors (Lipinski definition) is 0. The summed E-state index contributed by atoms with van der Waals surface area (Å²) in [6.45, 7) is 13.8. The molecule has 2 aromatic carbocycles. The molecule has 0 unspecified atom stereocenters. The number of nitrogens with zero attached hydrogens (tertiary/aromatic N) is 2. The molecule has 0 atom stereocenters. The fourth-order valence-corrected chi connectivity index (χ4v) is 3.53. The molecule has 272 valence electrons. The predicted molar refractivity (Wildman–Crippen MR) is 194 cm³/mol. The van der Waals surface area contributed by atoms with Gasteiger partial charge in [0.05, 0.1) is 24.3 Å². The third-order valence-electron chi connectivity index (χ3n) is 6.24. The first-order valence-corrected chi connectivity index (χ1v) is 24.0. The van der Waals surface area contributed by atoms with Crippen molar-refractivity contribution in [1.29, 1.82) is 0 Å². The second kappa shape index (κ2) is 30.8. The van der Waals surface area contributed by atoms with Crippen LogP contribution in [-0.4, -0.2) is 48.3 Å². The van der Waals surface area contributed by atoms with Gasteiger partial charge in [-0.3, -0.25) is 9.97 Å². The van der Waals surface area contributed by atoms with Gasteiger partial charge >= 0.3 is 81.0 Å². The van der Waals surface area contributed by atoms with E-state index in [-0.39, 0.29) is 56.7 Å². The van der Waals surface area contributed by atoms with Gasteiger partial charge in [-0.2, -0.15) is 0 Å². The Morgan fingerprint density at radius 2 is 0.837 bits per heavy atom. The Morgan fingerprint density at radius 3 is 1.10 bits per heavy atom. The molecule has 0 radical (unpaired) electrons. The molecule has 0 N–H and O–H groups in total. The first-order valence-electron chi connectivity index (χ1n) is 15.1. The number of halogens is 4. The fourth-order valence-electron chi connectivity index (χ4n) is 3.53. The second-order valence-corrected chi connectivity index (χ2v) is 15.9.